The molecule has 0 aromatic carbocycles. The summed E-state index contributed by atoms with van der Waals surface area (Å²) in [5.74, 6) is 0. The Hall–Kier alpha value is -0.780. The van der Waals surface area contributed by atoms with Gasteiger partial charge >= 0.3 is 5.51 Å². The molecule has 59 valence electrons. The summed E-state index contributed by atoms with van der Waals surface area (Å²) in [6.07, 6.45) is 4.38. The Morgan fingerprint density at radius 1 is 1.45 bits per heavy atom. The molecule has 0 saturated heterocycles. The maximum atomic E-state index is 11.6. The third-order valence-corrected chi connectivity index (χ3v) is 1.37. The molecule has 0 aliphatic rings. The molecule has 1 heterocycles. The molecule has 6 heteroatoms. The monoisotopic (exact) mass is 179 g/mol. The first-order valence-electron chi connectivity index (χ1n) is 2.52. The Bertz CT molecular complexity index is 223. The van der Waals surface area contributed by atoms with Crippen LogP contribution in [0.2, 0.25) is 0 Å². The fourth-order valence-electron chi connectivity index (χ4n) is 0.423. The van der Waals surface area contributed by atoms with Gasteiger partial charge in [0, 0.05) is 11.8 Å². The van der Waals surface area contributed by atoms with E-state index in [4.69, 9.17) is 0 Å². The van der Waals surface area contributed by atoms with Crippen molar-refractivity contribution in [3.63, 3.8) is 0 Å². The largest absolute Gasteiger partial charge is 0.447 e. The topological polar surface area (TPSA) is 25.8 Å². The van der Waals surface area contributed by atoms with Crippen LogP contribution in [0.25, 0.3) is 0 Å². The number of thioether (sulfide) groups is 1. The van der Waals surface area contributed by atoms with Crippen LogP contribution in [0.1, 0.15) is 0 Å². The highest BCUT2D eigenvalue weighted by atomic mass is 32.2. The minimum Gasteiger partial charge on any atom is -0.250 e. The van der Waals surface area contributed by atoms with Gasteiger partial charge in [-0.3, -0.25) is 4.98 Å². The molecule has 0 fully saturated rings. The minimum atomic E-state index is -4.30. The summed E-state index contributed by atoms with van der Waals surface area (Å²) in [7, 11) is 0. The van der Waals surface area contributed by atoms with Crippen molar-refractivity contribution in [2.75, 3.05) is 0 Å². The molecular weight excluding hydrogens is 177 g/mol. The predicted octanol–water partition coefficient (Wildman–Crippen LogP) is 1.89. The Balaban J connectivity index is 2.66. The van der Waals surface area contributed by atoms with E-state index in [1.807, 2.05) is 0 Å². The van der Waals surface area contributed by atoms with Crippen LogP contribution in [-0.2, 0) is 0 Å². The average Bonchev–Trinajstić information content (AvgIpc) is 1.85. The fraction of sp³-hybridized carbons (Fsp3) is 0.200. The van der Waals surface area contributed by atoms with Gasteiger partial charge in [0.1, 0.15) is 11.2 Å². The lowest BCUT2D eigenvalue weighted by molar-refractivity contribution is -0.0329. The smallest absolute Gasteiger partial charge is 0.250 e. The van der Waals surface area contributed by atoms with Crippen LogP contribution >= 0.6 is 11.8 Å². The second-order valence-electron chi connectivity index (χ2n) is 1.53. The van der Waals surface area contributed by atoms with Crippen molar-refractivity contribution in [3.05, 3.63) is 18.6 Å². The van der Waals surface area contributed by atoms with E-state index in [1.165, 1.54) is 0 Å². The lowest BCUT2D eigenvalue weighted by atomic mass is 10.8. The van der Waals surface area contributed by atoms with Crippen LogP contribution in [0, 0.1) is 6.20 Å². The minimum absolute atomic E-state index is 0.170. The first kappa shape index (κ1) is 8.32. The quantitative estimate of drug-likeness (QED) is 0.615. The van der Waals surface area contributed by atoms with Crippen LogP contribution in [0.3, 0.4) is 0 Å². The van der Waals surface area contributed by atoms with Crippen LogP contribution in [0.4, 0.5) is 13.2 Å². The molecule has 0 N–H and O–H groups in total. The Kier molecular flexibility index (Phi) is 2.33. The van der Waals surface area contributed by atoms with E-state index >= 15 is 0 Å². The number of alkyl halides is 3. The van der Waals surface area contributed by atoms with Crippen molar-refractivity contribution in [3.8, 4) is 0 Å². The Labute approximate surface area is 64.9 Å². The molecule has 1 rings (SSSR count). The number of halogens is 3. The first-order valence-corrected chi connectivity index (χ1v) is 3.33. The van der Waals surface area contributed by atoms with Crippen molar-refractivity contribution >= 4 is 11.8 Å². The molecule has 1 aromatic heterocycles. The third kappa shape index (κ3) is 3.22. The number of rotatable bonds is 1. The summed E-state index contributed by atoms with van der Waals surface area (Å²) in [6, 6.07) is 0. The zero-order chi connectivity index (χ0) is 8.32. The van der Waals surface area contributed by atoms with Gasteiger partial charge in [0.2, 0.25) is 0 Å². The number of hydrogen-bond donors (Lipinski definition) is 0. The highest BCUT2D eigenvalue weighted by Crippen LogP contribution is 2.34. The molecule has 0 amide bonds. The standard InChI is InChI=1S/C5H2F3N2S/c6-5(7,8)11-4-3-9-1-2-10-4/h2-3H. The SMILES string of the molecule is FC(F)(F)Sc1cn[c]cn1. The lowest BCUT2D eigenvalue weighted by Crippen LogP contribution is -2.00. The first-order chi connectivity index (χ1) is 5.08. The van der Waals surface area contributed by atoms with Crippen LogP contribution in [0.5, 0.6) is 0 Å². The van der Waals surface area contributed by atoms with Crippen molar-refractivity contribution in [2.24, 2.45) is 0 Å². The number of hydrogen-bond acceptors (Lipinski definition) is 3. The Morgan fingerprint density at radius 3 is 2.64 bits per heavy atom. The van der Waals surface area contributed by atoms with E-state index in [0.717, 1.165) is 12.4 Å². The molecule has 11 heavy (non-hydrogen) atoms. The highest BCUT2D eigenvalue weighted by molar-refractivity contribution is 8.00. The fourth-order valence-corrected chi connectivity index (χ4v) is 0.871. The van der Waals surface area contributed by atoms with Crippen molar-refractivity contribution in [1.82, 2.24) is 9.97 Å². The predicted molar refractivity (Wildman–Crippen MR) is 32.8 cm³/mol. The summed E-state index contributed by atoms with van der Waals surface area (Å²) >= 11 is -0.293. The molecule has 1 radical (unpaired) electrons. The van der Waals surface area contributed by atoms with Gasteiger partial charge < -0.3 is 0 Å². The highest BCUT2D eigenvalue weighted by Gasteiger charge is 2.29. The van der Waals surface area contributed by atoms with E-state index in [-0.39, 0.29) is 16.8 Å². The van der Waals surface area contributed by atoms with Crippen molar-refractivity contribution < 1.29 is 13.2 Å². The van der Waals surface area contributed by atoms with E-state index in [1.54, 1.807) is 0 Å². The average molecular weight is 179 g/mol. The van der Waals surface area contributed by atoms with E-state index in [2.05, 4.69) is 16.2 Å². The van der Waals surface area contributed by atoms with Gasteiger partial charge in [0.05, 0.1) is 12.4 Å². The van der Waals surface area contributed by atoms with Crippen molar-refractivity contribution in [2.45, 2.75) is 10.5 Å². The van der Waals surface area contributed by atoms with Gasteiger partial charge in [0.25, 0.3) is 0 Å². The molecule has 0 saturated carbocycles. The molecule has 0 unspecified atom stereocenters. The van der Waals surface area contributed by atoms with E-state index in [0.29, 0.717) is 0 Å². The summed E-state index contributed by atoms with van der Waals surface area (Å²) in [4.78, 5) is 6.75. The summed E-state index contributed by atoms with van der Waals surface area (Å²) < 4.78 is 34.9. The van der Waals surface area contributed by atoms with Gasteiger partial charge in [-0.1, -0.05) is 0 Å². The Morgan fingerprint density at radius 2 is 2.18 bits per heavy atom. The van der Waals surface area contributed by atoms with Crippen LogP contribution in [0.15, 0.2) is 17.4 Å². The zero-order valence-corrected chi connectivity index (χ0v) is 5.91. The maximum absolute atomic E-state index is 11.6. The second kappa shape index (κ2) is 3.08. The van der Waals surface area contributed by atoms with Gasteiger partial charge in [-0.05, 0) is 0 Å². The lowest BCUT2D eigenvalue weighted by Gasteiger charge is -2.01. The molecule has 2 nitrogen and oxygen atoms in total. The molecule has 0 aliphatic carbocycles. The molecule has 0 spiro atoms. The molecule has 1 aromatic rings. The van der Waals surface area contributed by atoms with Gasteiger partial charge in [-0.25, -0.2) is 4.98 Å². The number of nitrogens with zero attached hydrogens (tertiary/aromatic N) is 2. The van der Waals surface area contributed by atoms with Crippen molar-refractivity contribution in [1.29, 1.82) is 0 Å². The van der Waals surface area contributed by atoms with Gasteiger partial charge in [-0.15, -0.1) is 0 Å². The second-order valence-corrected chi connectivity index (χ2v) is 2.62. The normalized spacial score (nSPS) is 11.5. The molecule has 0 aliphatic heterocycles. The van der Waals surface area contributed by atoms with E-state index in [9.17, 15) is 13.2 Å². The molecule has 0 bridgehead atoms. The van der Waals surface area contributed by atoms with Gasteiger partial charge in [0.15, 0.2) is 0 Å². The summed E-state index contributed by atoms with van der Waals surface area (Å²) in [5.41, 5.74) is -4.30. The number of aromatic nitrogens is 2. The maximum Gasteiger partial charge on any atom is 0.447 e. The van der Waals surface area contributed by atoms with Gasteiger partial charge in [-0.2, -0.15) is 13.2 Å². The van der Waals surface area contributed by atoms with Crippen LogP contribution < -0.4 is 0 Å². The van der Waals surface area contributed by atoms with Crippen LogP contribution in [-0.4, -0.2) is 15.5 Å². The summed E-state index contributed by atoms with van der Waals surface area (Å²) in [6.45, 7) is 0. The molecular formula is C5H2F3N2S. The zero-order valence-electron chi connectivity index (χ0n) is 5.09. The third-order valence-electron chi connectivity index (χ3n) is 0.719. The molecule has 0 atom stereocenters. The summed E-state index contributed by atoms with van der Waals surface area (Å²) in [5, 5.41) is -0.170. The van der Waals surface area contributed by atoms with E-state index < -0.39 is 5.51 Å².